The van der Waals surface area contributed by atoms with Crippen molar-refractivity contribution in [2.24, 2.45) is 0 Å². The van der Waals surface area contributed by atoms with Gasteiger partial charge in [-0.05, 0) is 32.0 Å². The summed E-state index contributed by atoms with van der Waals surface area (Å²) in [7, 11) is 1.53. The van der Waals surface area contributed by atoms with Crippen molar-refractivity contribution in [2.75, 3.05) is 19.0 Å². The van der Waals surface area contributed by atoms with Crippen LogP contribution >= 0.6 is 34.7 Å². The molecule has 0 aliphatic rings. The van der Waals surface area contributed by atoms with Gasteiger partial charge in [0.1, 0.15) is 5.75 Å². The Kier molecular flexibility index (Phi) is 7.74. The Morgan fingerprint density at radius 1 is 1.42 bits per heavy atom. The molecule has 1 amide bonds. The largest absolute Gasteiger partial charge is 0.495 e. The molecule has 0 radical (unpaired) electrons. The fourth-order valence-corrected chi connectivity index (χ4v) is 4.21. The number of carbonyl (C=O) groups is 2. The predicted molar refractivity (Wildman–Crippen MR) is 104 cm³/mol. The summed E-state index contributed by atoms with van der Waals surface area (Å²) in [6, 6.07) is 5.05. The van der Waals surface area contributed by atoms with Crippen LogP contribution in [-0.4, -0.2) is 35.8 Å². The van der Waals surface area contributed by atoms with E-state index >= 15 is 0 Å². The summed E-state index contributed by atoms with van der Waals surface area (Å²) in [6.45, 7) is 3.89. The highest BCUT2D eigenvalue weighted by Gasteiger charge is 2.18. The normalized spacial score (nSPS) is 11.7. The first-order valence-corrected chi connectivity index (χ1v) is 9.97. The van der Waals surface area contributed by atoms with Crippen molar-refractivity contribution in [3.63, 3.8) is 0 Å². The Morgan fingerprint density at radius 2 is 2.19 bits per heavy atom. The average Bonchev–Trinajstić information content (AvgIpc) is 3.02. The molecule has 0 aliphatic carbocycles. The maximum atomic E-state index is 12.3. The highest BCUT2D eigenvalue weighted by Crippen LogP contribution is 2.30. The summed E-state index contributed by atoms with van der Waals surface area (Å²) < 4.78 is 10.7. The second kappa shape index (κ2) is 9.80. The third-order valence-corrected chi connectivity index (χ3v) is 5.64. The number of ether oxygens (including phenoxy) is 2. The molecule has 0 fully saturated rings. The molecule has 1 aromatic heterocycles. The molecule has 2 rings (SSSR count). The Balaban J connectivity index is 1.91. The predicted octanol–water partition coefficient (Wildman–Crippen LogP) is 4.03. The molecule has 0 saturated heterocycles. The minimum absolute atomic E-state index is 0.135. The standard InChI is InChI=1S/C17H19ClN2O4S2/c1-4-24-15(21)8-12-9-25-17(20-12)26-10(2)16(22)19-11-5-6-14(23-3)13(18)7-11/h5-7,9-10H,4,8H2,1-3H3,(H,19,22)/t10-/m0/s1. The SMILES string of the molecule is CCOC(=O)Cc1csc(S[C@@H](C)C(=O)Nc2ccc(OC)c(Cl)c2)n1. The number of nitrogens with one attached hydrogen (secondary N) is 1. The van der Waals surface area contributed by atoms with Gasteiger partial charge < -0.3 is 14.8 Å². The number of esters is 1. The molecule has 0 saturated carbocycles. The minimum atomic E-state index is -0.363. The van der Waals surface area contributed by atoms with E-state index < -0.39 is 0 Å². The van der Waals surface area contributed by atoms with Crippen molar-refractivity contribution in [1.82, 2.24) is 4.98 Å². The van der Waals surface area contributed by atoms with Gasteiger partial charge >= 0.3 is 5.97 Å². The third-order valence-electron chi connectivity index (χ3n) is 3.23. The smallest absolute Gasteiger partial charge is 0.311 e. The first-order chi connectivity index (χ1) is 12.4. The lowest BCUT2D eigenvalue weighted by Gasteiger charge is -2.11. The van der Waals surface area contributed by atoms with Crippen LogP contribution in [-0.2, 0) is 20.7 Å². The zero-order valence-corrected chi connectivity index (χ0v) is 17.0. The fourth-order valence-electron chi connectivity index (χ4n) is 1.98. The molecule has 1 atom stereocenters. The van der Waals surface area contributed by atoms with Crippen LogP contribution in [0.2, 0.25) is 5.02 Å². The molecule has 1 aromatic carbocycles. The summed E-state index contributed by atoms with van der Waals surface area (Å²) >= 11 is 8.79. The number of thiazole rings is 1. The summed E-state index contributed by atoms with van der Waals surface area (Å²) in [5.41, 5.74) is 1.24. The van der Waals surface area contributed by atoms with E-state index in [0.29, 0.717) is 28.8 Å². The molecule has 0 aliphatic heterocycles. The Labute approximate surface area is 165 Å². The number of rotatable bonds is 8. The van der Waals surface area contributed by atoms with Gasteiger partial charge in [-0.1, -0.05) is 23.4 Å². The molecule has 140 valence electrons. The van der Waals surface area contributed by atoms with Crippen molar-refractivity contribution in [3.8, 4) is 5.75 Å². The van der Waals surface area contributed by atoms with E-state index in [0.717, 1.165) is 4.34 Å². The second-order valence-electron chi connectivity index (χ2n) is 5.19. The van der Waals surface area contributed by atoms with Crippen LogP contribution in [0.3, 0.4) is 0 Å². The van der Waals surface area contributed by atoms with E-state index in [1.165, 1.54) is 30.2 Å². The van der Waals surface area contributed by atoms with Gasteiger partial charge in [0, 0.05) is 11.1 Å². The van der Waals surface area contributed by atoms with Crippen LogP contribution in [0.15, 0.2) is 27.9 Å². The van der Waals surface area contributed by atoms with Crippen LogP contribution in [0, 0.1) is 0 Å². The van der Waals surface area contributed by atoms with Gasteiger partial charge in [0.05, 0.1) is 36.1 Å². The number of anilines is 1. The molecule has 1 N–H and O–H groups in total. The quantitative estimate of drug-likeness (QED) is 0.519. The molecule has 2 aromatic rings. The van der Waals surface area contributed by atoms with Crippen LogP contribution in [0.25, 0.3) is 0 Å². The number of carbonyl (C=O) groups excluding carboxylic acids is 2. The number of amides is 1. The van der Waals surface area contributed by atoms with E-state index in [4.69, 9.17) is 21.1 Å². The van der Waals surface area contributed by atoms with E-state index in [1.807, 2.05) is 0 Å². The van der Waals surface area contributed by atoms with E-state index in [9.17, 15) is 9.59 Å². The highest BCUT2D eigenvalue weighted by atomic mass is 35.5. The first-order valence-electron chi connectivity index (χ1n) is 7.84. The lowest BCUT2D eigenvalue weighted by molar-refractivity contribution is -0.142. The number of halogens is 1. The van der Waals surface area contributed by atoms with Crippen molar-refractivity contribution < 1.29 is 19.1 Å². The Bertz CT molecular complexity index is 782. The minimum Gasteiger partial charge on any atom is -0.495 e. The summed E-state index contributed by atoms with van der Waals surface area (Å²) in [4.78, 5) is 28.2. The van der Waals surface area contributed by atoms with Gasteiger partial charge in [0.25, 0.3) is 0 Å². The molecular formula is C17H19ClN2O4S2. The highest BCUT2D eigenvalue weighted by molar-refractivity contribution is 8.02. The molecule has 6 nitrogen and oxygen atoms in total. The van der Waals surface area contributed by atoms with Gasteiger partial charge in [0.15, 0.2) is 4.34 Å². The number of benzene rings is 1. The molecule has 1 heterocycles. The Hall–Kier alpha value is -1.77. The maximum Gasteiger partial charge on any atom is 0.311 e. The maximum absolute atomic E-state index is 12.3. The van der Waals surface area contributed by atoms with E-state index in [1.54, 1.807) is 37.4 Å². The summed E-state index contributed by atoms with van der Waals surface area (Å²) in [5, 5.41) is 4.67. The lowest BCUT2D eigenvalue weighted by Crippen LogP contribution is -2.22. The first kappa shape index (κ1) is 20.5. The molecule has 26 heavy (non-hydrogen) atoms. The van der Waals surface area contributed by atoms with Crippen LogP contribution in [0.1, 0.15) is 19.5 Å². The number of methoxy groups -OCH3 is 1. The second-order valence-corrected chi connectivity index (χ2v) is 8.04. The van der Waals surface area contributed by atoms with Crippen molar-refractivity contribution in [2.45, 2.75) is 29.9 Å². The van der Waals surface area contributed by atoms with Crippen molar-refractivity contribution >= 4 is 52.3 Å². The zero-order valence-electron chi connectivity index (χ0n) is 14.6. The number of thioether (sulfide) groups is 1. The lowest BCUT2D eigenvalue weighted by atomic mass is 10.3. The molecule has 0 bridgehead atoms. The zero-order chi connectivity index (χ0) is 19.1. The molecular weight excluding hydrogens is 396 g/mol. The third kappa shape index (κ3) is 5.89. The molecule has 0 spiro atoms. The van der Waals surface area contributed by atoms with Crippen molar-refractivity contribution in [3.05, 3.63) is 34.3 Å². The Morgan fingerprint density at radius 3 is 2.85 bits per heavy atom. The van der Waals surface area contributed by atoms with E-state index in [2.05, 4.69) is 10.3 Å². The number of hydrogen-bond donors (Lipinski definition) is 1. The van der Waals surface area contributed by atoms with Crippen LogP contribution in [0.5, 0.6) is 5.75 Å². The number of hydrogen-bond acceptors (Lipinski definition) is 7. The van der Waals surface area contributed by atoms with Gasteiger partial charge in [-0.15, -0.1) is 11.3 Å². The van der Waals surface area contributed by atoms with Crippen LogP contribution < -0.4 is 10.1 Å². The van der Waals surface area contributed by atoms with Crippen molar-refractivity contribution in [1.29, 1.82) is 0 Å². The van der Waals surface area contributed by atoms with Gasteiger partial charge in [-0.2, -0.15) is 0 Å². The number of aromatic nitrogens is 1. The van der Waals surface area contributed by atoms with E-state index in [-0.39, 0.29) is 23.5 Å². The van der Waals surface area contributed by atoms with Crippen LogP contribution in [0.4, 0.5) is 5.69 Å². The number of nitrogens with zero attached hydrogens (tertiary/aromatic N) is 1. The van der Waals surface area contributed by atoms with Gasteiger partial charge in [-0.25, -0.2) is 4.98 Å². The van der Waals surface area contributed by atoms with Gasteiger partial charge in [-0.3, -0.25) is 9.59 Å². The monoisotopic (exact) mass is 414 g/mol. The molecule has 9 heteroatoms. The average molecular weight is 415 g/mol. The summed E-state index contributed by atoms with van der Waals surface area (Å²) in [6.07, 6.45) is 0.135. The fraction of sp³-hybridized carbons (Fsp3) is 0.353. The molecule has 0 unspecified atom stereocenters. The summed E-state index contributed by atoms with van der Waals surface area (Å²) in [5.74, 6) is 0.0684. The topological polar surface area (TPSA) is 77.5 Å². The van der Waals surface area contributed by atoms with Gasteiger partial charge in [0.2, 0.25) is 5.91 Å².